The SMILES string of the molecule is CC(C)c1cc(N(c2ccccc2)c2cccc3c2C(C)(C)C2=C3CCC=C2)c2cc3c4c(cc(N(c5ccccc5)c5cccc6c5C(C)(C)c5ccccc5-6)c5ccc1c2c54)CCC3(C)C. The van der Waals surface area contributed by atoms with E-state index in [-0.39, 0.29) is 16.2 Å². The smallest absolute Gasteiger partial charge is 0.0543 e. The molecule has 0 aliphatic heterocycles. The number of hydrogen-bond acceptors (Lipinski definition) is 2. The largest absolute Gasteiger partial charge is 0.310 e. The second-order valence-electron chi connectivity index (χ2n) is 22.2. The van der Waals surface area contributed by atoms with E-state index in [2.05, 4.69) is 229 Å². The Balaban J connectivity index is 1.16. The first kappa shape index (κ1) is 41.3. The summed E-state index contributed by atoms with van der Waals surface area (Å²) in [5.74, 6) is 0.298. The number of allylic oxidation sites excluding steroid dienone is 4. The average Bonchev–Trinajstić information content (AvgIpc) is 3.74. The highest BCUT2D eigenvalue weighted by atomic mass is 15.2. The third-order valence-electron chi connectivity index (χ3n) is 16.8. The summed E-state index contributed by atoms with van der Waals surface area (Å²) in [6, 6.07) is 58.3. The fraction of sp³-hybridized carbons (Fsp3) is 0.242. The van der Waals surface area contributed by atoms with Crippen molar-refractivity contribution < 1.29 is 0 Å². The number of rotatable bonds is 7. The normalized spacial score (nSPS) is 17.0. The average molecular weight is 881 g/mol. The van der Waals surface area contributed by atoms with Crippen LogP contribution < -0.4 is 9.80 Å². The van der Waals surface area contributed by atoms with E-state index in [1.54, 1.807) is 0 Å². The van der Waals surface area contributed by atoms with Crippen LogP contribution in [-0.2, 0) is 22.7 Å². The van der Waals surface area contributed by atoms with E-state index in [4.69, 9.17) is 0 Å². The van der Waals surface area contributed by atoms with Gasteiger partial charge in [-0.15, -0.1) is 0 Å². The van der Waals surface area contributed by atoms with E-state index in [9.17, 15) is 0 Å². The van der Waals surface area contributed by atoms with Crippen LogP contribution in [0.25, 0.3) is 49.0 Å². The van der Waals surface area contributed by atoms with E-state index in [0.29, 0.717) is 5.92 Å². The number of nitrogens with zero attached hydrogens (tertiary/aromatic N) is 2. The minimum Gasteiger partial charge on any atom is -0.310 e. The molecule has 0 bridgehead atoms. The summed E-state index contributed by atoms with van der Waals surface area (Å²) in [4.78, 5) is 5.27. The molecule has 0 atom stereocenters. The van der Waals surface area contributed by atoms with E-state index in [1.807, 2.05) is 0 Å². The second kappa shape index (κ2) is 14.6. The van der Waals surface area contributed by atoms with Crippen LogP contribution in [0.4, 0.5) is 34.1 Å². The number of hydrogen-bond donors (Lipinski definition) is 0. The Kier molecular flexibility index (Phi) is 8.84. The Morgan fingerprint density at radius 2 is 1.07 bits per heavy atom. The third-order valence-corrected chi connectivity index (χ3v) is 16.8. The van der Waals surface area contributed by atoms with Gasteiger partial charge >= 0.3 is 0 Å². The van der Waals surface area contributed by atoms with Gasteiger partial charge in [0.15, 0.2) is 0 Å². The first-order chi connectivity index (χ1) is 32.9. The number of anilines is 6. The second-order valence-corrected chi connectivity index (χ2v) is 22.2. The van der Waals surface area contributed by atoms with Gasteiger partial charge in [0.25, 0.3) is 0 Å². The first-order valence-electron chi connectivity index (χ1n) is 25.2. The predicted octanol–water partition coefficient (Wildman–Crippen LogP) is 18.6. The molecule has 0 spiro atoms. The summed E-state index contributed by atoms with van der Waals surface area (Å²) in [5.41, 5.74) is 22.7. The number of aryl methyl sites for hydroxylation is 1. The van der Waals surface area contributed by atoms with Crippen molar-refractivity contribution in [3.05, 3.63) is 208 Å². The van der Waals surface area contributed by atoms with Gasteiger partial charge < -0.3 is 9.80 Å². The monoisotopic (exact) mass is 880 g/mol. The predicted molar refractivity (Wildman–Crippen MR) is 291 cm³/mol. The van der Waals surface area contributed by atoms with Gasteiger partial charge in [0, 0.05) is 38.4 Å². The van der Waals surface area contributed by atoms with E-state index >= 15 is 0 Å². The lowest BCUT2D eigenvalue weighted by molar-refractivity contribution is 0.475. The summed E-state index contributed by atoms with van der Waals surface area (Å²) in [6.07, 6.45) is 9.11. The molecule has 4 aliphatic rings. The van der Waals surface area contributed by atoms with Crippen molar-refractivity contribution in [3.8, 4) is 11.1 Å². The topological polar surface area (TPSA) is 6.48 Å². The van der Waals surface area contributed by atoms with Crippen molar-refractivity contribution in [2.75, 3.05) is 9.80 Å². The van der Waals surface area contributed by atoms with Crippen LogP contribution in [0.2, 0.25) is 0 Å². The van der Waals surface area contributed by atoms with Crippen molar-refractivity contribution in [1.82, 2.24) is 0 Å². The molecule has 9 aromatic rings. The number of benzene rings is 9. The third kappa shape index (κ3) is 5.64. The molecule has 0 unspecified atom stereocenters. The van der Waals surface area contributed by atoms with Crippen molar-refractivity contribution in [3.63, 3.8) is 0 Å². The first-order valence-corrected chi connectivity index (χ1v) is 25.2. The molecule has 9 aromatic carbocycles. The van der Waals surface area contributed by atoms with Gasteiger partial charge in [-0.2, -0.15) is 0 Å². The minimum atomic E-state index is -0.190. The van der Waals surface area contributed by atoms with Crippen LogP contribution in [0.1, 0.15) is 120 Å². The molecule has 0 amide bonds. The molecular weight excluding hydrogens is 821 g/mol. The molecule has 0 heterocycles. The van der Waals surface area contributed by atoms with Crippen molar-refractivity contribution >= 4 is 72.0 Å². The molecule has 4 aliphatic carbocycles. The summed E-state index contributed by atoms with van der Waals surface area (Å²) in [5, 5.41) is 8.25. The Morgan fingerprint density at radius 1 is 0.471 bits per heavy atom. The van der Waals surface area contributed by atoms with Crippen molar-refractivity contribution in [2.45, 2.75) is 103 Å². The fourth-order valence-corrected chi connectivity index (χ4v) is 13.6. The fourth-order valence-electron chi connectivity index (χ4n) is 13.6. The van der Waals surface area contributed by atoms with Gasteiger partial charge in [0.1, 0.15) is 0 Å². The molecule has 0 fully saturated rings. The molecule has 2 heteroatoms. The molecule has 0 saturated carbocycles. The Morgan fingerprint density at radius 3 is 1.76 bits per heavy atom. The summed E-state index contributed by atoms with van der Waals surface area (Å²) in [6.45, 7) is 19.5. The summed E-state index contributed by atoms with van der Waals surface area (Å²) in [7, 11) is 0. The van der Waals surface area contributed by atoms with Crippen LogP contribution in [0.5, 0.6) is 0 Å². The Labute approximate surface area is 402 Å². The van der Waals surface area contributed by atoms with Crippen molar-refractivity contribution in [2.24, 2.45) is 0 Å². The summed E-state index contributed by atoms with van der Waals surface area (Å²) < 4.78 is 0. The van der Waals surface area contributed by atoms with Gasteiger partial charge in [0.2, 0.25) is 0 Å². The zero-order chi connectivity index (χ0) is 46.4. The number of para-hydroxylation sites is 2. The van der Waals surface area contributed by atoms with Gasteiger partial charge in [-0.25, -0.2) is 0 Å². The van der Waals surface area contributed by atoms with Gasteiger partial charge in [0.05, 0.1) is 22.7 Å². The minimum absolute atomic E-state index is 0.0205. The van der Waals surface area contributed by atoms with Crippen LogP contribution in [0.3, 0.4) is 0 Å². The van der Waals surface area contributed by atoms with Gasteiger partial charge in [-0.1, -0.05) is 165 Å². The lowest BCUT2D eigenvalue weighted by Crippen LogP contribution is -2.25. The lowest BCUT2D eigenvalue weighted by atomic mass is 9.70. The maximum absolute atomic E-state index is 2.65. The molecule has 0 aromatic heterocycles. The highest BCUT2D eigenvalue weighted by Crippen LogP contribution is 2.60. The highest BCUT2D eigenvalue weighted by Gasteiger charge is 2.42. The van der Waals surface area contributed by atoms with Gasteiger partial charge in [-0.3, -0.25) is 0 Å². The van der Waals surface area contributed by atoms with Gasteiger partial charge in [-0.05, 0) is 169 Å². The van der Waals surface area contributed by atoms with Crippen LogP contribution >= 0.6 is 0 Å². The molecule has 13 rings (SSSR count). The number of fused-ring (bicyclic) bond motifs is 5. The zero-order valence-electron chi connectivity index (χ0n) is 40.9. The van der Waals surface area contributed by atoms with Crippen LogP contribution in [0.15, 0.2) is 169 Å². The molecule has 0 saturated heterocycles. The molecule has 0 radical (unpaired) electrons. The van der Waals surface area contributed by atoms with Crippen molar-refractivity contribution in [1.29, 1.82) is 0 Å². The zero-order valence-corrected chi connectivity index (χ0v) is 40.9. The maximum Gasteiger partial charge on any atom is 0.0543 e. The Bertz CT molecular complexity index is 3620. The highest BCUT2D eigenvalue weighted by molar-refractivity contribution is 6.30. The lowest BCUT2D eigenvalue weighted by Gasteiger charge is -2.38. The molecule has 2 nitrogen and oxygen atoms in total. The molecular formula is C66H60N2. The van der Waals surface area contributed by atoms with Crippen LogP contribution in [-0.4, -0.2) is 0 Å². The quantitative estimate of drug-likeness (QED) is 0.147. The summed E-state index contributed by atoms with van der Waals surface area (Å²) >= 11 is 0. The maximum atomic E-state index is 2.65. The molecule has 0 N–H and O–H groups in total. The molecule has 334 valence electrons. The molecule has 68 heavy (non-hydrogen) atoms. The Hall–Kier alpha value is -6.90. The van der Waals surface area contributed by atoms with Crippen LogP contribution in [0, 0.1) is 0 Å². The van der Waals surface area contributed by atoms with E-state index < -0.39 is 0 Å². The standard InChI is InChI=1S/C66H60N2/c1-40(2)50-39-58(68(43-23-13-10-14-24-43)56-32-20-28-48-45-26-16-18-30-53(45)66(7,8)63(48)56)51-38-54-59-41(35-36-64(54,3)4)37-57(49-34-33-46(50)60(51)61(49)59)67(42-21-11-9-12-22-42)55-31-19-27-47-44-25-15-17-29-52(44)65(5,6)62(47)55/h9-15,17-25,27-34,37-40H,16,26,35-36H2,1-8H3. The van der Waals surface area contributed by atoms with E-state index in [1.165, 1.54) is 128 Å². The van der Waals surface area contributed by atoms with E-state index in [0.717, 1.165) is 25.7 Å².